The van der Waals surface area contributed by atoms with Crippen molar-refractivity contribution in [3.8, 4) is 0 Å². The van der Waals surface area contributed by atoms with Crippen LogP contribution in [0.1, 0.15) is 31.2 Å². The summed E-state index contributed by atoms with van der Waals surface area (Å²) in [6.45, 7) is 3.49. The fourth-order valence-corrected chi connectivity index (χ4v) is 3.58. The second-order valence-electron chi connectivity index (χ2n) is 8.00. The zero-order chi connectivity index (χ0) is 24.5. The minimum Gasteiger partial charge on any atom is -0.345 e. The van der Waals surface area contributed by atoms with E-state index in [0.29, 0.717) is 51.9 Å². The van der Waals surface area contributed by atoms with Crippen molar-refractivity contribution in [2.75, 3.05) is 26.2 Å². The van der Waals surface area contributed by atoms with Crippen molar-refractivity contribution in [1.29, 1.82) is 0 Å². The number of rotatable bonds is 4. The second-order valence-corrected chi connectivity index (χ2v) is 8.00. The van der Waals surface area contributed by atoms with Gasteiger partial charge >= 0.3 is 24.2 Å². The van der Waals surface area contributed by atoms with Crippen molar-refractivity contribution in [2.24, 2.45) is 0 Å². The molecule has 0 unspecified atom stereocenters. The van der Waals surface area contributed by atoms with Gasteiger partial charge in [0.1, 0.15) is 0 Å². The Bertz CT molecular complexity index is 743. The normalized spacial score (nSPS) is 18.7. The number of amides is 2. The third kappa shape index (κ3) is 9.99. The van der Waals surface area contributed by atoms with Crippen LogP contribution in [-0.2, 0) is 16.1 Å². The Morgan fingerprint density at radius 2 is 1.27 bits per heavy atom. The summed E-state index contributed by atoms with van der Waals surface area (Å²) in [5.41, 5.74) is 1.19. The predicted molar refractivity (Wildman–Crippen MR) is 109 cm³/mol. The number of nitrogens with zero attached hydrogens (tertiary/aromatic N) is 1. The number of carbonyl (C=O) groups is 2. The van der Waals surface area contributed by atoms with Crippen LogP contribution in [0.15, 0.2) is 30.3 Å². The molecule has 186 valence electrons. The second kappa shape index (κ2) is 12.2. The van der Waals surface area contributed by atoms with Crippen LogP contribution in [0.2, 0.25) is 0 Å². The average molecular weight is 482 g/mol. The lowest BCUT2D eigenvalue weighted by Gasteiger charge is -2.32. The number of likely N-dealkylation sites (tertiary alicyclic amines) is 1. The Kier molecular flexibility index (Phi) is 9.96. The van der Waals surface area contributed by atoms with E-state index in [9.17, 15) is 35.9 Å². The lowest BCUT2D eigenvalue weighted by Crippen LogP contribution is -2.48. The molecule has 33 heavy (non-hydrogen) atoms. The zero-order valence-corrected chi connectivity index (χ0v) is 17.9. The van der Waals surface area contributed by atoms with Crippen LogP contribution in [0.4, 0.5) is 26.3 Å². The van der Waals surface area contributed by atoms with Gasteiger partial charge in [-0.3, -0.25) is 14.5 Å². The van der Waals surface area contributed by atoms with Gasteiger partial charge in [0.05, 0.1) is 0 Å². The molecule has 6 nitrogen and oxygen atoms in total. The number of benzene rings is 1. The Labute approximate surface area is 188 Å². The summed E-state index contributed by atoms with van der Waals surface area (Å²) in [6.07, 6.45) is -7.33. The van der Waals surface area contributed by atoms with Crippen molar-refractivity contribution in [3.63, 3.8) is 0 Å². The fourth-order valence-electron chi connectivity index (χ4n) is 3.58. The van der Waals surface area contributed by atoms with Crippen LogP contribution >= 0.6 is 0 Å². The van der Waals surface area contributed by atoms with Gasteiger partial charge in [0.2, 0.25) is 0 Å². The van der Waals surface area contributed by atoms with Gasteiger partial charge in [-0.15, -0.1) is 0 Å². The van der Waals surface area contributed by atoms with Gasteiger partial charge < -0.3 is 16.0 Å². The molecule has 0 radical (unpaired) electrons. The topological polar surface area (TPSA) is 73.5 Å². The lowest BCUT2D eigenvalue weighted by atomic mass is 10.0. The van der Waals surface area contributed by atoms with Crippen molar-refractivity contribution in [1.82, 2.24) is 20.9 Å². The highest BCUT2D eigenvalue weighted by Gasteiger charge is 2.40. The molecule has 1 aromatic carbocycles. The fraction of sp³-hybridized carbons (Fsp3) is 0.619. The van der Waals surface area contributed by atoms with Gasteiger partial charge in [-0.1, -0.05) is 30.3 Å². The Morgan fingerprint density at radius 3 is 1.73 bits per heavy atom. The number of carbonyl (C=O) groups excluding carboxylic acids is 2. The summed E-state index contributed by atoms with van der Waals surface area (Å²) in [5.74, 6) is -3.67. The molecule has 0 aromatic heterocycles. The smallest absolute Gasteiger partial charge is 0.345 e. The summed E-state index contributed by atoms with van der Waals surface area (Å²) >= 11 is 0. The molecule has 0 saturated carbocycles. The van der Waals surface area contributed by atoms with Crippen LogP contribution < -0.4 is 16.0 Å². The molecule has 3 rings (SSSR count). The molecule has 12 heteroatoms. The molecule has 0 aliphatic carbocycles. The quantitative estimate of drug-likeness (QED) is 0.578. The van der Waals surface area contributed by atoms with Crippen LogP contribution in [0, 0.1) is 0 Å². The number of nitrogens with one attached hydrogen (secondary N) is 3. The third-order valence-corrected chi connectivity index (χ3v) is 5.36. The third-order valence-electron chi connectivity index (χ3n) is 5.36. The van der Waals surface area contributed by atoms with E-state index in [1.54, 1.807) is 0 Å². The van der Waals surface area contributed by atoms with Crippen LogP contribution in [-0.4, -0.2) is 67.3 Å². The van der Waals surface area contributed by atoms with E-state index < -0.39 is 24.2 Å². The first kappa shape index (κ1) is 26.9. The van der Waals surface area contributed by atoms with Crippen molar-refractivity contribution in [3.05, 3.63) is 35.9 Å². The minimum absolute atomic E-state index is 0.338. The summed E-state index contributed by atoms with van der Waals surface area (Å²) in [7, 11) is 0. The molecular weight excluding hydrogens is 454 g/mol. The molecular formula is C21H28F6N4O2. The van der Waals surface area contributed by atoms with E-state index in [0.717, 1.165) is 6.54 Å². The molecule has 2 fully saturated rings. The molecule has 2 aliphatic heterocycles. The first-order chi connectivity index (χ1) is 15.4. The average Bonchev–Trinajstić information content (AvgIpc) is 2.76. The van der Waals surface area contributed by atoms with Crippen molar-refractivity contribution in [2.45, 2.75) is 56.7 Å². The SMILES string of the molecule is O=C(NC1CCN(Cc2ccccc2)CC1)C(F)(F)F.O=C(NC1CCNCC1)C(F)(F)F. The van der Waals surface area contributed by atoms with E-state index in [1.165, 1.54) is 5.56 Å². The maximum atomic E-state index is 12.1. The van der Waals surface area contributed by atoms with E-state index in [2.05, 4.69) is 15.5 Å². The number of hydrogen-bond donors (Lipinski definition) is 3. The lowest BCUT2D eigenvalue weighted by molar-refractivity contribution is -0.174. The molecule has 2 aliphatic rings. The molecule has 0 spiro atoms. The predicted octanol–water partition coefficient (Wildman–Crippen LogP) is 2.75. The zero-order valence-electron chi connectivity index (χ0n) is 17.9. The molecule has 2 heterocycles. The number of hydrogen-bond acceptors (Lipinski definition) is 4. The van der Waals surface area contributed by atoms with Crippen LogP contribution in [0.25, 0.3) is 0 Å². The Hall–Kier alpha value is -2.34. The first-order valence-corrected chi connectivity index (χ1v) is 10.7. The standard InChI is InChI=1S/C14H17F3N2O.C7H11F3N2O/c15-14(16,17)13(20)18-12-6-8-19(9-7-12)10-11-4-2-1-3-5-11;8-7(9,10)6(13)12-5-1-3-11-4-2-5/h1-5,12H,6-10H2,(H,18,20);5,11H,1-4H2,(H,12,13). The number of piperidine rings is 2. The van der Waals surface area contributed by atoms with Crippen LogP contribution in [0.5, 0.6) is 0 Å². The molecule has 2 saturated heterocycles. The maximum absolute atomic E-state index is 12.1. The van der Waals surface area contributed by atoms with Gasteiger partial charge in [0.25, 0.3) is 0 Å². The molecule has 1 aromatic rings. The molecule has 3 N–H and O–H groups in total. The highest BCUT2D eigenvalue weighted by atomic mass is 19.4. The molecule has 2 amide bonds. The molecule has 0 bridgehead atoms. The summed E-state index contributed by atoms with van der Waals surface area (Å²) in [6, 6.07) is 9.21. The summed E-state index contributed by atoms with van der Waals surface area (Å²) in [4.78, 5) is 23.5. The highest BCUT2D eigenvalue weighted by Crippen LogP contribution is 2.18. The Balaban J connectivity index is 0.000000257. The van der Waals surface area contributed by atoms with Gasteiger partial charge in [-0.25, -0.2) is 0 Å². The Morgan fingerprint density at radius 1 is 0.818 bits per heavy atom. The largest absolute Gasteiger partial charge is 0.471 e. The number of alkyl halides is 6. The van der Waals surface area contributed by atoms with Crippen molar-refractivity contribution >= 4 is 11.8 Å². The van der Waals surface area contributed by atoms with Gasteiger partial charge in [-0.2, -0.15) is 26.3 Å². The van der Waals surface area contributed by atoms with E-state index in [-0.39, 0.29) is 12.1 Å². The number of halogens is 6. The van der Waals surface area contributed by atoms with Gasteiger partial charge in [-0.05, 0) is 44.3 Å². The first-order valence-electron chi connectivity index (χ1n) is 10.7. The van der Waals surface area contributed by atoms with Gasteiger partial charge in [0, 0.05) is 31.7 Å². The minimum atomic E-state index is -4.79. The van der Waals surface area contributed by atoms with Crippen molar-refractivity contribution < 1.29 is 35.9 Å². The van der Waals surface area contributed by atoms with Crippen LogP contribution in [0.3, 0.4) is 0 Å². The van der Waals surface area contributed by atoms with E-state index >= 15 is 0 Å². The monoisotopic (exact) mass is 482 g/mol. The molecule has 0 atom stereocenters. The maximum Gasteiger partial charge on any atom is 0.471 e. The van der Waals surface area contributed by atoms with E-state index in [1.807, 2.05) is 35.6 Å². The highest BCUT2D eigenvalue weighted by molar-refractivity contribution is 5.82. The summed E-state index contributed by atoms with van der Waals surface area (Å²) in [5, 5.41) is 7.00. The van der Waals surface area contributed by atoms with Gasteiger partial charge in [0.15, 0.2) is 0 Å². The summed E-state index contributed by atoms with van der Waals surface area (Å²) < 4.78 is 71.8. The van der Waals surface area contributed by atoms with E-state index in [4.69, 9.17) is 0 Å².